The van der Waals surface area contributed by atoms with E-state index in [0.29, 0.717) is 6.04 Å². The molecule has 0 aromatic carbocycles. The summed E-state index contributed by atoms with van der Waals surface area (Å²) in [6, 6.07) is 4.52. The van der Waals surface area contributed by atoms with E-state index in [-0.39, 0.29) is 5.60 Å². The molecule has 108 valence electrons. The van der Waals surface area contributed by atoms with Gasteiger partial charge in [0, 0.05) is 25.5 Å². The summed E-state index contributed by atoms with van der Waals surface area (Å²) in [6.45, 7) is 7.64. The number of rotatable bonds is 9. The number of nitrogens with zero attached hydrogens (tertiary/aromatic N) is 1. The van der Waals surface area contributed by atoms with Gasteiger partial charge in [0.1, 0.15) is 0 Å². The first kappa shape index (κ1) is 16.1. The fourth-order valence-electron chi connectivity index (χ4n) is 2.69. The summed E-state index contributed by atoms with van der Waals surface area (Å²) in [5.41, 5.74) is 1.23. The molecule has 0 aliphatic carbocycles. The van der Waals surface area contributed by atoms with Crippen molar-refractivity contribution in [3.05, 3.63) is 30.1 Å². The summed E-state index contributed by atoms with van der Waals surface area (Å²) < 4.78 is 5.89. The van der Waals surface area contributed by atoms with E-state index in [1.165, 1.54) is 5.56 Å². The number of aromatic nitrogens is 1. The normalized spacial score (nSPS) is 13.5. The lowest BCUT2D eigenvalue weighted by Gasteiger charge is -2.39. The van der Waals surface area contributed by atoms with E-state index in [1.807, 2.05) is 19.5 Å². The number of pyridine rings is 1. The molecule has 1 aromatic rings. The molecule has 1 atom stereocenters. The van der Waals surface area contributed by atoms with E-state index in [2.05, 4.69) is 43.2 Å². The van der Waals surface area contributed by atoms with Crippen molar-refractivity contribution in [1.29, 1.82) is 0 Å². The van der Waals surface area contributed by atoms with E-state index in [1.54, 1.807) is 0 Å². The van der Waals surface area contributed by atoms with Crippen molar-refractivity contribution in [2.24, 2.45) is 0 Å². The van der Waals surface area contributed by atoms with Crippen molar-refractivity contribution in [3.63, 3.8) is 0 Å². The molecule has 0 aliphatic heterocycles. The quantitative estimate of drug-likeness (QED) is 0.743. The molecule has 0 aliphatic rings. The molecule has 0 saturated carbocycles. The molecular weight excluding hydrogens is 236 g/mol. The highest BCUT2D eigenvalue weighted by Crippen LogP contribution is 2.26. The van der Waals surface area contributed by atoms with Gasteiger partial charge in [-0.1, -0.05) is 20.8 Å². The fraction of sp³-hybridized carbons (Fsp3) is 0.688. The molecule has 0 amide bonds. The van der Waals surface area contributed by atoms with Crippen molar-refractivity contribution in [3.8, 4) is 0 Å². The second-order valence-corrected chi connectivity index (χ2v) is 5.04. The Kier molecular flexibility index (Phi) is 7.03. The van der Waals surface area contributed by atoms with Gasteiger partial charge >= 0.3 is 0 Å². The average molecular weight is 264 g/mol. The Morgan fingerprint density at radius 3 is 2.32 bits per heavy atom. The minimum Gasteiger partial charge on any atom is -0.377 e. The highest BCUT2D eigenvalue weighted by molar-refractivity contribution is 5.13. The molecule has 0 radical (unpaired) electrons. The number of hydrogen-bond acceptors (Lipinski definition) is 3. The van der Waals surface area contributed by atoms with Crippen molar-refractivity contribution in [1.82, 2.24) is 10.3 Å². The van der Waals surface area contributed by atoms with Gasteiger partial charge in [-0.05, 0) is 49.9 Å². The van der Waals surface area contributed by atoms with Crippen molar-refractivity contribution in [2.45, 2.75) is 58.1 Å². The van der Waals surface area contributed by atoms with Crippen LogP contribution in [0.4, 0.5) is 0 Å². The van der Waals surface area contributed by atoms with Gasteiger partial charge in [0.15, 0.2) is 0 Å². The summed E-state index contributed by atoms with van der Waals surface area (Å²) in [6.07, 6.45) is 7.88. The highest BCUT2D eigenvalue weighted by Gasteiger charge is 2.35. The van der Waals surface area contributed by atoms with Crippen LogP contribution in [0.25, 0.3) is 0 Å². The maximum absolute atomic E-state index is 5.89. The lowest BCUT2D eigenvalue weighted by atomic mass is 9.84. The lowest BCUT2D eigenvalue weighted by Crippen LogP contribution is -2.53. The van der Waals surface area contributed by atoms with Gasteiger partial charge in [-0.3, -0.25) is 4.98 Å². The number of methoxy groups -OCH3 is 1. The largest absolute Gasteiger partial charge is 0.377 e. The predicted octanol–water partition coefficient (Wildman–Crippen LogP) is 3.20. The Bertz CT molecular complexity index is 328. The molecule has 1 heterocycles. The van der Waals surface area contributed by atoms with Crippen molar-refractivity contribution in [2.75, 3.05) is 13.7 Å². The highest BCUT2D eigenvalue weighted by atomic mass is 16.5. The summed E-state index contributed by atoms with van der Waals surface area (Å²) >= 11 is 0. The first-order valence-corrected chi connectivity index (χ1v) is 7.39. The van der Waals surface area contributed by atoms with Crippen LogP contribution < -0.4 is 5.32 Å². The third-order valence-corrected chi connectivity index (χ3v) is 4.07. The van der Waals surface area contributed by atoms with Crippen LogP contribution in [0.5, 0.6) is 0 Å². The Labute approximate surface area is 117 Å². The molecule has 3 nitrogen and oxygen atoms in total. The minimum atomic E-state index is -0.0849. The predicted molar refractivity (Wildman–Crippen MR) is 80.3 cm³/mol. The molecule has 19 heavy (non-hydrogen) atoms. The van der Waals surface area contributed by atoms with E-state index in [9.17, 15) is 0 Å². The molecule has 0 fully saturated rings. The third kappa shape index (κ3) is 4.29. The molecule has 1 N–H and O–H groups in total. The van der Waals surface area contributed by atoms with Gasteiger partial charge in [0.25, 0.3) is 0 Å². The zero-order valence-electron chi connectivity index (χ0n) is 12.8. The number of ether oxygens (including phenoxy) is 1. The smallest absolute Gasteiger partial charge is 0.0828 e. The van der Waals surface area contributed by atoms with E-state index >= 15 is 0 Å². The fourth-order valence-corrected chi connectivity index (χ4v) is 2.69. The van der Waals surface area contributed by atoms with Crippen molar-refractivity contribution >= 4 is 0 Å². The maximum atomic E-state index is 5.89. The zero-order valence-corrected chi connectivity index (χ0v) is 12.8. The van der Waals surface area contributed by atoms with Gasteiger partial charge < -0.3 is 10.1 Å². The molecule has 1 aromatic heterocycles. The van der Waals surface area contributed by atoms with Crippen LogP contribution in [0.1, 0.15) is 45.6 Å². The van der Waals surface area contributed by atoms with Gasteiger partial charge in [0.05, 0.1) is 5.60 Å². The van der Waals surface area contributed by atoms with Crippen LogP contribution in [-0.4, -0.2) is 30.3 Å². The SMILES string of the molecule is CCCNC(Cc1ccncc1)C(CC)(CC)OC. The van der Waals surface area contributed by atoms with Crippen LogP contribution in [0.15, 0.2) is 24.5 Å². The van der Waals surface area contributed by atoms with E-state index in [0.717, 1.165) is 32.2 Å². The minimum absolute atomic E-state index is 0.0849. The molecule has 1 unspecified atom stereocenters. The Morgan fingerprint density at radius 2 is 1.84 bits per heavy atom. The number of nitrogens with one attached hydrogen (secondary N) is 1. The molecular formula is C16H28N2O. The maximum Gasteiger partial charge on any atom is 0.0828 e. The van der Waals surface area contributed by atoms with Gasteiger partial charge in [-0.2, -0.15) is 0 Å². The standard InChI is InChI=1S/C16H28N2O/c1-5-10-18-15(16(6-2,7-3)19-4)13-14-8-11-17-12-9-14/h8-9,11-12,15,18H,5-7,10,13H2,1-4H3. The summed E-state index contributed by atoms with van der Waals surface area (Å²) in [7, 11) is 1.83. The Morgan fingerprint density at radius 1 is 1.21 bits per heavy atom. The first-order valence-electron chi connectivity index (χ1n) is 7.39. The summed E-state index contributed by atoms with van der Waals surface area (Å²) in [5, 5.41) is 3.67. The summed E-state index contributed by atoms with van der Waals surface area (Å²) in [4.78, 5) is 4.09. The molecule has 0 spiro atoms. The average Bonchev–Trinajstić information content (AvgIpc) is 2.48. The lowest BCUT2D eigenvalue weighted by molar-refractivity contribution is -0.0471. The number of hydrogen-bond donors (Lipinski definition) is 1. The van der Waals surface area contributed by atoms with Crippen LogP contribution in [0.3, 0.4) is 0 Å². The molecule has 1 rings (SSSR count). The first-order chi connectivity index (χ1) is 9.22. The van der Waals surface area contributed by atoms with E-state index in [4.69, 9.17) is 4.74 Å². The molecule has 0 saturated heterocycles. The van der Waals surface area contributed by atoms with Gasteiger partial charge in [-0.15, -0.1) is 0 Å². The van der Waals surface area contributed by atoms with Crippen LogP contribution >= 0.6 is 0 Å². The van der Waals surface area contributed by atoms with Crippen LogP contribution in [0.2, 0.25) is 0 Å². The molecule has 3 heteroatoms. The van der Waals surface area contributed by atoms with Crippen LogP contribution in [0, 0.1) is 0 Å². The van der Waals surface area contributed by atoms with Crippen LogP contribution in [-0.2, 0) is 11.2 Å². The zero-order chi connectivity index (χ0) is 14.1. The summed E-state index contributed by atoms with van der Waals surface area (Å²) in [5.74, 6) is 0. The van der Waals surface area contributed by atoms with Gasteiger partial charge in [-0.25, -0.2) is 0 Å². The van der Waals surface area contributed by atoms with Crippen molar-refractivity contribution < 1.29 is 4.74 Å². The van der Waals surface area contributed by atoms with Gasteiger partial charge in [0.2, 0.25) is 0 Å². The second-order valence-electron chi connectivity index (χ2n) is 5.04. The Balaban J connectivity index is 2.86. The molecule has 0 bridgehead atoms. The van der Waals surface area contributed by atoms with E-state index < -0.39 is 0 Å². The topological polar surface area (TPSA) is 34.2 Å². The third-order valence-electron chi connectivity index (χ3n) is 4.07. The second kappa shape index (κ2) is 8.28. The monoisotopic (exact) mass is 264 g/mol. The Hall–Kier alpha value is -0.930.